The Hall–Kier alpha value is -3.58. The van der Waals surface area contributed by atoms with Crippen LogP contribution in [-0.2, 0) is 0 Å². The van der Waals surface area contributed by atoms with Crippen LogP contribution in [-0.4, -0.2) is 19.9 Å². The van der Waals surface area contributed by atoms with Crippen molar-refractivity contribution in [2.24, 2.45) is 0 Å². The van der Waals surface area contributed by atoms with Gasteiger partial charge < -0.3 is 10.1 Å². The standard InChI is InChI=1S/C16H9BrN6O3/c17-11-8-20-16(21-9-11)26-13-3-1-2-12(6-13)22-15-14(23(24)25)10(7-18)4-5-19-15/h1-6,8-9H,(H,19,22). The largest absolute Gasteiger partial charge is 0.424 e. The molecule has 3 aromatic rings. The molecule has 0 radical (unpaired) electrons. The molecule has 0 saturated carbocycles. The van der Waals surface area contributed by atoms with Crippen molar-refractivity contribution in [2.45, 2.75) is 0 Å². The van der Waals surface area contributed by atoms with Crippen molar-refractivity contribution in [3.05, 3.63) is 69.1 Å². The summed E-state index contributed by atoms with van der Waals surface area (Å²) in [4.78, 5) is 22.6. The lowest BCUT2D eigenvalue weighted by molar-refractivity contribution is -0.384. The van der Waals surface area contributed by atoms with Gasteiger partial charge in [0.15, 0.2) is 0 Å². The minimum absolute atomic E-state index is 0.0360. The number of hydrogen-bond acceptors (Lipinski definition) is 8. The number of rotatable bonds is 5. The Bertz CT molecular complexity index is 1000. The lowest BCUT2D eigenvalue weighted by Gasteiger charge is -2.09. The van der Waals surface area contributed by atoms with E-state index in [4.69, 9.17) is 10.00 Å². The highest BCUT2D eigenvalue weighted by Gasteiger charge is 2.21. The van der Waals surface area contributed by atoms with Gasteiger partial charge in [-0.15, -0.1) is 0 Å². The predicted octanol–water partition coefficient (Wildman–Crippen LogP) is 3.95. The lowest BCUT2D eigenvalue weighted by Crippen LogP contribution is -2.02. The van der Waals surface area contributed by atoms with Crippen molar-refractivity contribution in [1.82, 2.24) is 15.0 Å². The Balaban J connectivity index is 1.87. The van der Waals surface area contributed by atoms with Gasteiger partial charge in [0, 0.05) is 30.3 Å². The Morgan fingerprint density at radius 3 is 2.69 bits per heavy atom. The van der Waals surface area contributed by atoms with Crippen LogP contribution in [0.1, 0.15) is 5.56 Å². The second kappa shape index (κ2) is 7.54. The van der Waals surface area contributed by atoms with E-state index in [1.807, 2.05) is 0 Å². The van der Waals surface area contributed by atoms with Gasteiger partial charge >= 0.3 is 11.7 Å². The van der Waals surface area contributed by atoms with Gasteiger partial charge in [-0.2, -0.15) is 5.26 Å². The van der Waals surface area contributed by atoms with Gasteiger partial charge in [-0.1, -0.05) is 6.07 Å². The maximum atomic E-state index is 11.3. The maximum absolute atomic E-state index is 11.3. The highest BCUT2D eigenvalue weighted by molar-refractivity contribution is 9.10. The van der Waals surface area contributed by atoms with Gasteiger partial charge in [0.05, 0.1) is 9.40 Å². The molecule has 9 nitrogen and oxygen atoms in total. The first kappa shape index (κ1) is 17.2. The van der Waals surface area contributed by atoms with E-state index in [0.29, 0.717) is 11.4 Å². The average Bonchev–Trinajstić information content (AvgIpc) is 2.63. The molecule has 0 bridgehead atoms. The molecule has 0 aliphatic carbocycles. The molecule has 2 aromatic heterocycles. The summed E-state index contributed by atoms with van der Waals surface area (Å²) in [6.45, 7) is 0. The fourth-order valence-corrected chi connectivity index (χ4v) is 2.26. The first-order chi connectivity index (χ1) is 12.6. The molecule has 0 fully saturated rings. The minimum Gasteiger partial charge on any atom is -0.424 e. The number of pyridine rings is 1. The average molecular weight is 413 g/mol. The Morgan fingerprint density at radius 1 is 1.23 bits per heavy atom. The molecule has 26 heavy (non-hydrogen) atoms. The number of aromatic nitrogens is 3. The fourth-order valence-electron chi connectivity index (χ4n) is 2.05. The Kier molecular flexibility index (Phi) is 5.00. The van der Waals surface area contributed by atoms with E-state index < -0.39 is 10.6 Å². The van der Waals surface area contributed by atoms with Crippen LogP contribution >= 0.6 is 15.9 Å². The van der Waals surface area contributed by atoms with E-state index in [2.05, 4.69) is 36.2 Å². The first-order valence-electron chi connectivity index (χ1n) is 7.13. The number of nitro groups is 1. The number of nitrogens with zero attached hydrogens (tertiary/aromatic N) is 5. The van der Waals surface area contributed by atoms with Crippen LogP contribution in [0, 0.1) is 21.4 Å². The van der Waals surface area contributed by atoms with Crippen LogP contribution in [0.5, 0.6) is 11.8 Å². The van der Waals surface area contributed by atoms with Crippen LogP contribution in [0.15, 0.2) is 53.4 Å². The zero-order valence-electron chi connectivity index (χ0n) is 13.0. The summed E-state index contributed by atoms with van der Waals surface area (Å²) >= 11 is 3.23. The number of anilines is 2. The summed E-state index contributed by atoms with van der Waals surface area (Å²) < 4.78 is 6.26. The number of halogens is 1. The molecule has 0 saturated heterocycles. The van der Waals surface area contributed by atoms with Gasteiger partial charge in [0.25, 0.3) is 0 Å². The molecule has 2 heterocycles. The van der Waals surface area contributed by atoms with Crippen molar-refractivity contribution in [2.75, 3.05) is 5.32 Å². The predicted molar refractivity (Wildman–Crippen MR) is 95.1 cm³/mol. The Morgan fingerprint density at radius 2 is 2.00 bits per heavy atom. The summed E-state index contributed by atoms with van der Waals surface area (Å²) in [7, 11) is 0. The number of benzene rings is 1. The number of ether oxygens (including phenoxy) is 1. The molecule has 0 unspecified atom stereocenters. The zero-order chi connectivity index (χ0) is 18.5. The van der Waals surface area contributed by atoms with E-state index in [1.54, 1.807) is 42.7 Å². The highest BCUT2D eigenvalue weighted by Crippen LogP contribution is 2.30. The molecule has 10 heteroatoms. The number of nitrogens with one attached hydrogen (secondary N) is 1. The minimum atomic E-state index is -0.649. The summed E-state index contributed by atoms with van der Waals surface area (Å²) in [5.41, 5.74) is 0.0195. The zero-order valence-corrected chi connectivity index (χ0v) is 14.5. The highest BCUT2D eigenvalue weighted by atomic mass is 79.9. The normalized spacial score (nSPS) is 10.0. The number of hydrogen-bond donors (Lipinski definition) is 1. The number of nitriles is 1. The van der Waals surface area contributed by atoms with Crippen molar-refractivity contribution in [1.29, 1.82) is 5.26 Å². The van der Waals surface area contributed by atoms with E-state index in [9.17, 15) is 10.1 Å². The van der Waals surface area contributed by atoms with E-state index in [1.165, 1.54) is 12.3 Å². The first-order valence-corrected chi connectivity index (χ1v) is 7.92. The van der Waals surface area contributed by atoms with E-state index in [-0.39, 0.29) is 17.4 Å². The van der Waals surface area contributed by atoms with Crippen LogP contribution in [0.3, 0.4) is 0 Å². The molecule has 0 aliphatic heterocycles. The summed E-state index contributed by atoms with van der Waals surface area (Å²) in [6, 6.07) is 9.89. The van der Waals surface area contributed by atoms with Crippen molar-refractivity contribution in [3.63, 3.8) is 0 Å². The second-order valence-corrected chi connectivity index (χ2v) is 5.78. The van der Waals surface area contributed by atoms with Gasteiger partial charge in [0.1, 0.15) is 17.4 Å². The Labute approximate surface area is 155 Å². The molecule has 0 amide bonds. The topological polar surface area (TPSA) is 127 Å². The molecular formula is C16H9BrN6O3. The van der Waals surface area contributed by atoms with Crippen LogP contribution in [0.2, 0.25) is 0 Å². The van der Waals surface area contributed by atoms with Crippen LogP contribution < -0.4 is 10.1 Å². The smallest absolute Gasteiger partial charge is 0.329 e. The third kappa shape index (κ3) is 3.90. The molecule has 0 aliphatic rings. The molecule has 128 valence electrons. The van der Waals surface area contributed by atoms with Crippen LogP contribution in [0.4, 0.5) is 17.2 Å². The van der Waals surface area contributed by atoms with Gasteiger partial charge in [-0.05, 0) is 34.1 Å². The SMILES string of the molecule is N#Cc1ccnc(Nc2cccc(Oc3ncc(Br)cn3)c2)c1[N+](=O)[O-]. The molecular weight excluding hydrogens is 404 g/mol. The lowest BCUT2D eigenvalue weighted by atomic mass is 10.2. The summed E-state index contributed by atoms with van der Waals surface area (Å²) in [5.74, 6) is 0.391. The molecule has 3 rings (SSSR count). The third-order valence-corrected chi connectivity index (χ3v) is 3.54. The maximum Gasteiger partial charge on any atom is 0.329 e. The van der Waals surface area contributed by atoms with Crippen molar-refractivity contribution >= 4 is 33.1 Å². The van der Waals surface area contributed by atoms with E-state index >= 15 is 0 Å². The molecule has 0 atom stereocenters. The molecule has 0 spiro atoms. The fraction of sp³-hybridized carbons (Fsp3) is 0. The summed E-state index contributed by atoms with van der Waals surface area (Å²) in [5, 5.41) is 23.1. The van der Waals surface area contributed by atoms with Crippen molar-refractivity contribution in [3.8, 4) is 17.8 Å². The third-order valence-electron chi connectivity index (χ3n) is 3.13. The van der Waals surface area contributed by atoms with Gasteiger partial charge in [-0.3, -0.25) is 10.1 Å². The second-order valence-electron chi connectivity index (χ2n) is 4.86. The molecule has 1 aromatic carbocycles. The van der Waals surface area contributed by atoms with E-state index in [0.717, 1.165) is 4.47 Å². The molecule has 1 N–H and O–H groups in total. The van der Waals surface area contributed by atoms with Gasteiger partial charge in [-0.25, -0.2) is 15.0 Å². The van der Waals surface area contributed by atoms with Crippen LogP contribution in [0.25, 0.3) is 0 Å². The quantitative estimate of drug-likeness (QED) is 0.492. The van der Waals surface area contributed by atoms with Gasteiger partial charge in [0.2, 0.25) is 5.82 Å². The van der Waals surface area contributed by atoms with Crippen molar-refractivity contribution < 1.29 is 9.66 Å². The summed E-state index contributed by atoms with van der Waals surface area (Å²) in [6.07, 6.45) is 4.42. The monoisotopic (exact) mass is 412 g/mol.